The first kappa shape index (κ1) is 12.0. The highest BCUT2D eigenvalue weighted by molar-refractivity contribution is 5.22. The first-order valence-corrected chi connectivity index (χ1v) is 4.54. The highest BCUT2D eigenvalue weighted by Crippen LogP contribution is 2.25. The molecule has 0 nitrogen and oxygen atoms in total. The van der Waals surface area contributed by atoms with Crippen LogP contribution in [0.25, 0.3) is 0 Å². The van der Waals surface area contributed by atoms with E-state index < -0.39 is 23.3 Å². The lowest BCUT2D eigenvalue weighted by molar-refractivity contribution is 0.373. The maximum atomic E-state index is 13.2. The van der Waals surface area contributed by atoms with Crippen LogP contribution in [-0.2, 0) is 6.42 Å². The molecule has 1 aromatic rings. The molecule has 15 heavy (non-hydrogen) atoms. The summed E-state index contributed by atoms with van der Waals surface area (Å²) in [5.74, 6) is -6.16. The van der Waals surface area contributed by atoms with E-state index in [0.29, 0.717) is 6.07 Å². The van der Waals surface area contributed by atoms with Gasteiger partial charge in [0.25, 0.3) is 0 Å². The van der Waals surface area contributed by atoms with Crippen LogP contribution in [0, 0.1) is 28.7 Å². The minimum atomic E-state index is -1.76. The summed E-state index contributed by atoms with van der Waals surface area (Å²) in [5.41, 5.74) is -0.462. The molecule has 0 saturated carbocycles. The molecule has 84 valence electrons. The molecule has 0 fully saturated rings. The van der Waals surface area contributed by atoms with Crippen molar-refractivity contribution in [3.63, 3.8) is 0 Å². The van der Waals surface area contributed by atoms with Gasteiger partial charge in [0.1, 0.15) is 0 Å². The Kier molecular flexibility index (Phi) is 3.07. The third-order valence-corrected chi connectivity index (χ3v) is 1.90. The van der Waals surface area contributed by atoms with Crippen molar-refractivity contribution in [1.82, 2.24) is 0 Å². The summed E-state index contributed by atoms with van der Waals surface area (Å²) in [5, 5.41) is 0. The van der Waals surface area contributed by atoms with Gasteiger partial charge in [-0.3, -0.25) is 0 Å². The van der Waals surface area contributed by atoms with E-state index in [1.54, 1.807) is 20.8 Å². The van der Waals surface area contributed by atoms with Crippen LogP contribution in [0.4, 0.5) is 17.6 Å². The van der Waals surface area contributed by atoms with Gasteiger partial charge in [-0.05, 0) is 23.5 Å². The summed E-state index contributed by atoms with van der Waals surface area (Å²) in [6.45, 7) is 5.39. The van der Waals surface area contributed by atoms with Crippen molar-refractivity contribution < 1.29 is 17.6 Å². The summed E-state index contributed by atoms with van der Waals surface area (Å²) in [6.07, 6.45) is 0.146. The van der Waals surface area contributed by atoms with Gasteiger partial charge in [-0.15, -0.1) is 0 Å². The molecule has 0 aromatic heterocycles. The van der Waals surface area contributed by atoms with E-state index >= 15 is 0 Å². The quantitative estimate of drug-likeness (QED) is 0.383. The molecule has 0 aliphatic rings. The van der Waals surface area contributed by atoms with Crippen molar-refractivity contribution >= 4 is 0 Å². The average molecular weight is 220 g/mol. The van der Waals surface area contributed by atoms with Crippen LogP contribution in [-0.4, -0.2) is 0 Å². The fourth-order valence-electron chi connectivity index (χ4n) is 1.32. The Balaban J connectivity index is 3.21. The molecular formula is C11H12F4. The van der Waals surface area contributed by atoms with E-state index in [-0.39, 0.29) is 17.4 Å². The normalized spacial score (nSPS) is 11.9. The molecule has 0 atom stereocenters. The van der Waals surface area contributed by atoms with E-state index in [4.69, 9.17) is 0 Å². The second kappa shape index (κ2) is 3.83. The van der Waals surface area contributed by atoms with Gasteiger partial charge >= 0.3 is 0 Å². The van der Waals surface area contributed by atoms with Gasteiger partial charge in [0, 0.05) is 0 Å². The predicted molar refractivity (Wildman–Crippen MR) is 49.4 cm³/mol. The number of hydrogen-bond donors (Lipinski definition) is 0. The molecule has 0 spiro atoms. The Morgan fingerprint density at radius 1 is 0.933 bits per heavy atom. The molecule has 0 aliphatic carbocycles. The topological polar surface area (TPSA) is 0 Å². The van der Waals surface area contributed by atoms with Crippen LogP contribution >= 0.6 is 0 Å². The second-order valence-corrected chi connectivity index (χ2v) is 4.70. The third kappa shape index (κ3) is 2.70. The lowest BCUT2D eigenvalue weighted by Gasteiger charge is -2.18. The first-order chi connectivity index (χ1) is 6.72. The van der Waals surface area contributed by atoms with E-state index in [1.807, 2.05) is 0 Å². The van der Waals surface area contributed by atoms with Gasteiger partial charge < -0.3 is 0 Å². The van der Waals surface area contributed by atoms with Crippen LogP contribution in [0.1, 0.15) is 26.3 Å². The van der Waals surface area contributed by atoms with Gasteiger partial charge in [-0.1, -0.05) is 20.8 Å². The monoisotopic (exact) mass is 220 g/mol. The van der Waals surface area contributed by atoms with E-state index in [1.165, 1.54) is 0 Å². The maximum Gasteiger partial charge on any atom is 0.197 e. The molecule has 0 aliphatic heterocycles. The van der Waals surface area contributed by atoms with Gasteiger partial charge in [-0.2, -0.15) is 0 Å². The first-order valence-electron chi connectivity index (χ1n) is 4.54. The van der Waals surface area contributed by atoms with E-state index in [0.717, 1.165) is 0 Å². The highest BCUT2D eigenvalue weighted by atomic mass is 19.2. The zero-order valence-electron chi connectivity index (χ0n) is 8.80. The van der Waals surface area contributed by atoms with Crippen molar-refractivity contribution in [3.05, 3.63) is 34.9 Å². The van der Waals surface area contributed by atoms with Crippen LogP contribution in [0.2, 0.25) is 0 Å². The molecule has 4 heteroatoms. The van der Waals surface area contributed by atoms with Crippen molar-refractivity contribution in [2.24, 2.45) is 5.41 Å². The number of hydrogen-bond acceptors (Lipinski definition) is 0. The summed E-state index contributed by atoms with van der Waals surface area (Å²) >= 11 is 0. The summed E-state index contributed by atoms with van der Waals surface area (Å²) in [7, 11) is 0. The van der Waals surface area contributed by atoms with Gasteiger partial charge in [0.2, 0.25) is 0 Å². The van der Waals surface area contributed by atoms with Gasteiger partial charge in [0.05, 0.1) is 0 Å². The fourth-order valence-corrected chi connectivity index (χ4v) is 1.32. The van der Waals surface area contributed by atoms with Crippen molar-refractivity contribution in [1.29, 1.82) is 0 Å². The van der Waals surface area contributed by atoms with E-state index in [2.05, 4.69) is 0 Å². The van der Waals surface area contributed by atoms with Crippen LogP contribution in [0.15, 0.2) is 6.07 Å². The lowest BCUT2D eigenvalue weighted by atomic mass is 9.88. The smallest absolute Gasteiger partial charge is 0.197 e. The van der Waals surface area contributed by atoms with Crippen molar-refractivity contribution in [2.45, 2.75) is 27.2 Å². The van der Waals surface area contributed by atoms with E-state index in [9.17, 15) is 17.6 Å². The van der Waals surface area contributed by atoms with Crippen LogP contribution < -0.4 is 0 Å². The predicted octanol–water partition coefficient (Wildman–Crippen LogP) is 3.83. The number of halogens is 4. The van der Waals surface area contributed by atoms with Crippen LogP contribution in [0.3, 0.4) is 0 Å². The third-order valence-electron chi connectivity index (χ3n) is 1.90. The largest absolute Gasteiger partial charge is 0.204 e. The average Bonchev–Trinajstić information content (AvgIpc) is 2.08. The Morgan fingerprint density at radius 2 is 1.47 bits per heavy atom. The molecule has 0 amide bonds. The van der Waals surface area contributed by atoms with Crippen molar-refractivity contribution in [3.8, 4) is 0 Å². The minimum absolute atomic E-state index is 0.140. The Labute approximate surface area is 85.9 Å². The summed E-state index contributed by atoms with van der Waals surface area (Å²) in [4.78, 5) is 0. The molecule has 1 rings (SSSR count). The maximum absolute atomic E-state index is 13.2. The molecule has 0 radical (unpaired) electrons. The highest BCUT2D eigenvalue weighted by Gasteiger charge is 2.22. The molecule has 0 heterocycles. The van der Waals surface area contributed by atoms with Crippen molar-refractivity contribution in [2.75, 3.05) is 0 Å². The minimum Gasteiger partial charge on any atom is -0.204 e. The Morgan fingerprint density at radius 3 is 1.93 bits per heavy atom. The molecule has 0 N–H and O–H groups in total. The summed E-state index contributed by atoms with van der Waals surface area (Å²) in [6, 6.07) is 0.707. The van der Waals surface area contributed by atoms with Gasteiger partial charge in [0.15, 0.2) is 23.3 Å². The van der Waals surface area contributed by atoms with Gasteiger partial charge in [-0.25, -0.2) is 17.6 Å². The zero-order valence-corrected chi connectivity index (χ0v) is 8.80. The number of rotatable bonds is 1. The second-order valence-electron chi connectivity index (χ2n) is 4.70. The molecule has 1 aromatic carbocycles. The standard InChI is InChI=1S/C11H12F4/c1-11(2,3)5-6-4-7(12)9(14)10(15)8(6)13/h4H,5H2,1-3H3. The zero-order chi connectivity index (χ0) is 11.8. The SMILES string of the molecule is CC(C)(C)Cc1cc(F)c(F)c(F)c1F. The summed E-state index contributed by atoms with van der Waals surface area (Å²) < 4.78 is 51.5. The Hall–Kier alpha value is -1.06. The molecule has 0 unspecified atom stereocenters. The van der Waals surface area contributed by atoms with Crippen LogP contribution in [0.5, 0.6) is 0 Å². The molecule has 0 bridgehead atoms. The fraction of sp³-hybridized carbons (Fsp3) is 0.455. The molecular weight excluding hydrogens is 208 g/mol. The lowest BCUT2D eigenvalue weighted by Crippen LogP contribution is -2.12. The molecule has 0 saturated heterocycles. The Bertz CT molecular complexity index is 377. The number of benzene rings is 1.